The largest absolute Gasteiger partial charge is 0.494 e. The molecule has 0 saturated heterocycles. The number of hydrogen-bond acceptors (Lipinski definition) is 1. The van der Waals surface area contributed by atoms with Crippen LogP contribution in [-0.2, 0) is 0 Å². The van der Waals surface area contributed by atoms with Crippen molar-refractivity contribution in [3.63, 3.8) is 0 Å². The molecule has 10 heavy (non-hydrogen) atoms. The lowest BCUT2D eigenvalue weighted by Crippen LogP contribution is -1.89. The van der Waals surface area contributed by atoms with Gasteiger partial charge >= 0.3 is 0 Å². The molecule has 0 amide bonds. The molecule has 0 bridgehead atoms. The Morgan fingerprint density at radius 2 is 1.80 bits per heavy atom. The van der Waals surface area contributed by atoms with Gasteiger partial charge in [0.15, 0.2) is 0 Å². The predicted octanol–water partition coefficient (Wildman–Crippen LogP) is 2.24. The van der Waals surface area contributed by atoms with Crippen molar-refractivity contribution in [1.82, 2.24) is 0 Å². The van der Waals surface area contributed by atoms with Crippen molar-refractivity contribution < 1.29 is 9.44 Å². The molecule has 0 aliphatic rings. The summed E-state index contributed by atoms with van der Waals surface area (Å²) in [6.45, 7) is 2.72. The fraction of sp³-hybridized carbons (Fsp3) is 0.250. The Bertz CT molecular complexity index is 162. The highest BCUT2D eigenvalue weighted by atomic mass is 19.0. The maximum absolute atomic E-state index is 5.21. The third-order valence-electron chi connectivity index (χ3n) is 1.05. The second kappa shape index (κ2) is 4.79. The van der Waals surface area contributed by atoms with Crippen molar-refractivity contribution in [3.05, 3.63) is 30.3 Å². The zero-order chi connectivity index (χ0) is 6.53. The van der Waals surface area contributed by atoms with Gasteiger partial charge in [-0.25, -0.2) is 0 Å². The molecule has 0 aromatic heterocycles. The Labute approximate surface area is 60.0 Å². The number of rotatable bonds is 2. The molecule has 0 N–H and O–H groups in total. The highest BCUT2D eigenvalue weighted by Gasteiger charge is 1.83. The fourth-order valence-electron chi connectivity index (χ4n) is 0.683. The molecule has 0 aliphatic carbocycles. The Morgan fingerprint density at radius 1 is 1.20 bits per heavy atom. The van der Waals surface area contributed by atoms with E-state index < -0.39 is 0 Å². The summed E-state index contributed by atoms with van der Waals surface area (Å²) < 4.78 is 5.21. The van der Waals surface area contributed by atoms with Crippen LogP contribution in [0.3, 0.4) is 0 Å². The highest BCUT2D eigenvalue weighted by molar-refractivity contribution is 5.20. The van der Waals surface area contributed by atoms with Crippen molar-refractivity contribution in [2.75, 3.05) is 6.61 Å². The Hall–Kier alpha value is -1.05. The Kier molecular flexibility index (Phi) is 4.29. The molecule has 1 nitrogen and oxygen atoms in total. The molecule has 1 rings (SSSR count). The quantitative estimate of drug-likeness (QED) is 0.615. The van der Waals surface area contributed by atoms with Crippen molar-refractivity contribution >= 4 is 0 Å². The summed E-state index contributed by atoms with van der Waals surface area (Å²) >= 11 is 0. The summed E-state index contributed by atoms with van der Waals surface area (Å²) in [4.78, 5) is 0. The molecule has 0 fully saturated rings. The Balaban J connectivity index is 0.000000810. The maximum Gasteiger partial charge on any atom is 0.119 e. The van der Waals surface area contributed by atoms with Crippen molar-refractivity contribution in [2.24, 2.45) is 0 Å². The zero-order valence-corrected chi connectivity index (χ0v) is 5.91. The summed E-state index contributed by atoms with van der Waals surface area (Å²) in [5.74, 6) is 0.944. The lowest BCUT2D eigenvalue weighted by molar-refractivity contribution is 0.340. The number of para-hydroxylation sites is 1. The topological polar surface area (TPSA) is 9.23 Å². The summed E-state index contributed by atoms with van der Waals surface area (Å²) in [5.41, 5.74) is 0. The van der Waals surface area contributed by atoms with Crippen molar-refractivity contribution in [3.8, 4) is 5.75 Å². The molecule has 1 aromatic rings. The molecule has 56 valence electrons. The van der Waals surface area contributed by atoms with Gasteiger partial charge in [-0.05, 0) is 19.1 Å². The van der Waals surface area contributed by atoms with Crippen LogP contribution in [0.5, 0.6) is 5.75 Å². The van der Waals surface area contributed by atoms with E-state index in [2.05, 4.69) is 0 Å². The number of halogens is 1. The average molecular weight is 142 g/mol. The summed E-state index contributed by atoms with van der Waals surface area (Å²) in [6.07, 6.45) is 0. The van der Waals surface area contributed by atoms with Crippen LogP contribution in [0, 0.1) is 0 Å². The monoisotopic (exact) mass is 142 g/mol. The minimum absolute atomic E-state index is 0. The fourth-order valence-corrected chi connectivity index (χ4v) is 0.683. The van der Waals surface area contributed by atoms with Crippen LogP contribution in [0.25, 0.3) is 0 Å². The third-order valence-corrected chi connectivity index (χ3v) is 1.05. The normalized spacial score (nSPS) is 8.10. The molecular weight excluding hydrogens is 131 g/mol. The minimum atomic E-state index is 0. The first-order chi connectivity index (χ1) is 4.43. The van der Waals surface area contributed by atoms with E-state index in [1.165, 1.54) is 0 Å². The van der Waals surface area contributed by atoms with E-state index in [9.17, 15) is 0 Å². The van der Waals surface area contributed by atoms with Gasteiger partial charge in [0.05, 0.1) is 6.61 Å². The first kappa shape index (κ1) is 8.95. The molecule has 0 aliphatic heterocycles. The van der Waals surface area contributed by atoms with Gasteiger partial charge < -0.3 is 4.74 Å². The van der Waals surface area contributed by atoms with Gasteiger partial charge in [-0.3, -0.25) is 4.70 Å². The van der Waals surface area contributed by atoms with Gasteiger partial charge in [0.25, 0.3) is 0 Å². The van der Waals surface area contributed by atoms with E-state index >= 15 is 0 Å². The zero-order valence-electron chi connectivity index (χ0n) is 5.91. The molecule has 0 spiro atoms. The smallest absolute Gasteiger partial charge is 0.119 e. The van der Waals surface area contributed by atoms with Gasteiger partial charge in [-0.2, -0.15) is 0 Å². The SMILES string of the molecule is CCOc1ccccc1.F. The molecule has 0 heterocycles. The van der Waals surface area contributed by atoms with E-state index in [4.69, 9.17) is 4.74 Å². The van der Waals surface area contributed by atoms with E-state index in [-0.39, 0.29) is 4.70 Å². The lowest BCUT2D eigenvalue weighted by atomic mass is 10.3. The van der Waals surface area contributed by atoms with E-state index in [1.807, 2.05) is 37.3 Å². The minimum Gasteiger partial charge on any atom is -0.494 e. The molecular formula is C8H11FO. The summed E-state index contributed by atoms with van der Waals surface area (Å²) in [5, 5.41) is 0. The maximum atomic E-state index is 5.21. The average Bonchev–Trinajstić information content (AvgIpc) is 1.91. The van der Waals surface area contributed by atoms with Gasteiger partial charge in [-0.15, -0.1) is 0 Å². The molecule has 0 unspecified atom stereocenters. The van der Waals surface area contributed by atoms with Crippen LogP contribution >= 0.6 is 0 Å². The van der Waals surface area contributed by atoms with Crippen molar-refractivity contribution in [2.45, 2.75) is 6.92 Å². The summed E-state index contributed by atoms with van der Waals surface area (Å²) in [6, 6.07) is 9.80. The third kappa shape index (κ3) is 2.49. The molecule has 2 heteroatoms. The highest BCUT2D eigenvalue weighted by Crippen LogP contribution is 2.06. The van der Waals surface area contributed by atoms with Gasteiger partial charge in [-0.1, -0.05) is 18.2 Å². The van der Waals surface area contributed by atoms with Gasteiger partial charge in [0.1, 0.15) is 5.75 Å². The van der Waals surface area contributed by atoms with Crippen LogP contribution in [0.2, 0.25) is 0 Å². The predicted molar refractivity (Wildman–Crippen MR) is 40.1 cm³/mol. The number of hydrogen-bond donors (Lipinski definition) is 0. The summed E-state index contributed by atoms with van der Waals surface area (Å²) in [7, 11) is 0. The first-order valence-electron chi connectivity index (χ1n) is 3.11. The first-order valence-corrected chi connectivity index (χ1v) is 3.11. The molecule has 0 radical (unpaired) electrons. The lowest BCUT2D eigenvalue weighted by Gasteiger charge is -1.99. The van der Waals surface area contributed by atoms with Gasteiger partial charge in [0.2, 0.25) is 0 Å². The molecule has 1 aromatic carbocycles. The van der Waals surface area contributed by atoms with Crippen LogP contribution < -0.4 is 4.74 Å². The number of benzene rings is 1. The van der Waals surface area contributed by atoms with Crippen molar-refractivity contribution in [1.29, 1.82) is 0 Å². The second-order valence-corrected chi connectivity index (χ2v) is 1.75. The van der Waals surface area contributed by atoms with Crippen LogP contribution in [-0.4, -0.2) is 6.61 Å². The van der Waals surface area contributed by atoms with Crippen LogP contribution in [0.4, 0.5) is 4.70 Å². The van der Waals surface area contributed by atoms with E-state index in [0.29, 0.717) is 0 Å². The molecule has 0 saturated carbocycles. The van der Waals surface area contributed by atoms with E-state index in [0.717, 1.165) is 12.4 Å². The number of ether oxygens (including phenoxy) is 1. The van der Waals surface area contributed by atoms with Crippen LogP contribution in [0.15, 0.2) is 30.3 Å². The molecule has 0 atom stereocenters. The standard InChI is InChI=1S/C8H10O.FH/c1-2-9-8-6-4-3-5-7-8;/h3-7H,2H2,1H3;1H. The second-order valence-electron chi connectivity index (χ2n) is 1.75. The van der Waals surface area contributed by atoms with Crippen LogP contribution in [0.1, 0.15) is 6.92 Å². The van der Waals surface area contributed by atoms with E-state index in [1.54, 1.807) is 0 Å². The van der Waals surface area contributed by atoms with Gasteiger partial charge in [0, 0.05) is 0 Å². The Morgan fingerprint density at radius 3 is 2.30 bits per heavy atom.